The highest BCUT2D eigenvalue weighted by Gasteiger charge is 2.38. The van der Waals surface area contributed by atoms with Gasteiger partial charge in [0.15, 0.2) is 0 Å². The van der Waals surface area contributed by atoms with Crippen LogP contribution >= 0.6 is 0 Å². The van der Waals surface area contributed by atoms with Crippen LogP contribution in [0.4, 0.5) is 13.2 Å². The van der Waals surface area contributed by atoms with Gasteiger partial charge < -0.3 is 0 Å². The molecule has 0 aromatic rings. The highest BCUT2D eigenvalue weighted by molar-refractivity contribution is 5.11. The SMILES string of the molecule is CC(CC1CCCC2=CC1CCC2)C(F)(F)F. The number of alkyl halides is 3. The quantitative estimate of drug-likeness (QED) is 0.594. The van der Waals surface area contributed by atoms with Gasteiger partial charge in [-0.1, -0.05) is 18.6 Å². The third-order valence-electron chi connectivity index (χ3n) is 4.38. The molecule has 0 radical (unpaired) electrons. The summed E-state index contributed by atoms with van der Waals surface area (Å²) in [6.07, 6.45) is 5.22. The van der Waals surface area contributed by atoms with Gasteiger partial charge in [-0.3, -0.25) is 0 Å². The van der Waals surface area contributed by atoms with Gasteiger partial charge in [-0.2, -0.15) is 13.2 Å². The zero-order valence-electron chi connectivity index (χ0n) is 10.4. The van der Waals surface area contributed by atoms with E-state index in [2.05, 4.69) is 6.08 Å². The number of allylic oxidation sites excluding steroid dienone is 2. The van der Waals surface area contributed by atoms with E-state index >= 15 is 0 Å². The van der Waals surface area contributed by atoms with Crippen molar-refractivity contribution in [3.8, 4) is 0 Å². The average molecular weight is 246 g/mol. The monoisotopic (exact) mass is 246 g/mol. The average Bonchev–Trinajstić information content (AvgIpc) is 2.38. The third kappa shape index (κ3) is 3.26. The third-order valence-corrected chi connectivity index (χ3v) is 4.38. The molecule has 0 nitrogen and oxygen atoms in total. The summed E-state index contributed by atoms with van der Waals surface area (Å²) in [5.74, 6) is -0.472. The van der Waals surface area contributed by atoms with Crippen molar-refractivity contribution in [2.45, 2.75) is 58.0 Å². The fourth-order valence-corrected chi connectivity index (χ4v) is 3.30. The first-order valence-corrected chi connectivity index (χ1v) is 6.73. The Balaban J connectivity index is 2.00. The maximum atomic E-state index is 12.6. The predicted molar refractivity (Wildman–Crippen MR) is 62.6 cm³/mol. The van der Waals surface area contributed by atoms with Crippen molar-refractivity contribution in [2.75, 3.05) is 0 Å². The molecule has 17 heavy (non-hydrogen) atoms. The van der Waals surface area contributed by atoms with Gasteiger partial charge in [0, 0.05) is 0 Å². The number of rotatable bonds is 2. The first kappa shape index (κ1) is 13.0. The van der Waals surface area contributed by atoms with Crippen molar-refractivity contribution in [1.29, 1.82) is 0 Å². The predicted octanol–water partition coefficient (Wildman–Crippen LogP) is 5.10. The smallest absolute Gasteiger partial charge is 0.171 e. The molecule has 2 rings (SSSR count). The highest BCUT2D eigenvalue weighted by Crippen LogP contribution is 2.42. The first-order valence-electron chi connectivity index (χ1n) is 6.73. The van der Waals surface area contributed by atoms with Crippen LogP contribution in [0.1, 0.15) is 51.9 Å². The topological polar surface area (TPSA) is 0 Å². The molecule has 0 aliphatic heterocycles. The maximum absolute atomic E-state index is 12.6. The van der Waals surface area contributed by atoms with Crippen molar-refractivity contribution >= 4 is 0 Å². The normalized spacial score (nSPS) is 31.6. The largest absolute Gasteiger partial charge is 0.391 e. The Bertz CT molecular complexity index is 290. The first-order chi connectivity index (χ1) is 7.97. The number of hydrogen-bond acceptors (Lipinski definition) is 0. The van der Waals surface area contributed by atoms with Crippen molar-refractivity contribution in [3.05, 3.63) is 11.6 Å². The highest BCUT2D eigenvalue weighted by atomic mass is 19.4. The fraction of sp³-hybridized carbons (Fsp3) is 0.857. The van der Waals surface area contributed by atoms with Crippen molar-refractivity contribution in [3.63, 3.8) is 0 Å². The van der Waals surface area contributed by atoms with Crippen LogP contribution in [-0.2, 0) is 0 Å². The second-order valence-corrected chi connectivity index (χ2v) is 5.71. The van der Waals surface area contributed by atoms with E-state index in [-0.39, 0.29) is 5.92 Å². The molecule has 2 aliphatic carbocycles. The van der Waals surface area contributed by atoms with Crippen LogP contribution in [0.25, 0.3) is 0 Å². The Morgan fingerprint density at radius 3 is 2.53 bits per heavy atom. The fourth-order valence-electron chi connectivity index (χ4n) is 3.30. The summed E-state index contributed by atoms with van der Waals surface area (Å²) < 4.78 is 37.8. The Hall–Kier alpha value is -0.470. The summed E-state index contributed by atoms with van der Waals surface area (Å²) >= 11 is 0. The van der Waals surface area contributed by atoms with E-state index < -0.39 is 12.1 Å². The van der Waals surface area contributed by atoms with E-state index in [0.29, 0.717) is 12.3 Å². The van der Waals surface area contributed by atoms with Gasteiger partial charge in [-0.25, -0.2) is 0 Å². The standard InChI is InChI=1S/C14H21F3/c1-10(14(15,16)17)8-12-6-2-4-11-5-3-7-13(12)9-11/h9-10,12-13H,2-8H2,1H3. The molecule has 2 aliphatic rings. The van der Waals surface area contributed by atoms with Gasteiger partial charge in [0.2, 0.25) is 0 Å². The Morgan fingerprint density at radius 2 is 1.88 bits per heavy atom. The Kier molecular flexibility index (Phi) is 3.84. The van der Waals surface area contributed by atoms with Crippen LogP contribution in [0.2, 0.25) is 0 Å². The van der Waals surface area contributed by atoms with Gasteiger partial charge in [0.1, 0.15) is 0 Å². The molecule has 0 N–H and O–H groups in total. The van der Waals surface area contributed by atoms with Crippen molar-refractivity contribution in [1.82, 2.24) is 0 Å². The zero-order valence-corrected chi connectivity index (χ0v) is 10.4. The van der Waals surface area contributed by atoms with Crippen molar-refractivity contribution < 1.29 is 13.2 Å². The minimum atomic E-state index is -4.02. The summed E-state index contributed by atoms with van der Waals surface area (Å²) in [5, 5.41) is 0. The molecule has 0 spiro atoms. The Labute approximate surface area is 101 Å². The summed E-state index contributed by atoms with van der Waals surface area (Å²) in [7, 11) is 0. The Morgan fingerprint density at radius 1 is 1.24 bits per heavy atom. The van der Waals surface area contributed by atoms with E-state index in [4.69, 9.17) is 0 Å². The maximum Gasteiger partial charge on any atom is 0.391 e. The van der Waals surface area contributed by atoms with Gasteiger partial charge in [0.25, 0.3) is 0 Å². The zero-order chi connectivity index (χ0) is 12.5. The molecule has 0 amide bonds. The van der Waals surface area contributed by atoms with Gasteiger partial charge in [-0.05, 0) is 56.8 Å². The van der Waals surface area contributed by atoms with Crippen molar-refractivity contribution in [2.24, 2.45) is 17.8 Å². The molecule has 0 saturated heterocycles. The van der Waals surface area contributed by atoms with Gasteiger partial charge in [-0.15, -0.1) is 0 Å². The summed E-state index contributed by atoms with van der Waals surface area (Å²) in [6.45, 7) is 1.33. The summed E-state index contributed by atoms with van der Waals surface area (Å²) in [4.78, 5) is 0. The van der Waals surface area contributed by atoms with Gasteiger partial charge in [0.05, 0.1) is 5.92 Å². The second kappa shape index (κ2) is 5.03. The summed E-state index contributed by atoms with van der Waals surface area (Å²) in [6, 6.07) is 0. The second-order valence-electron chi connectivity index (χ2n) is 5.71. The minimum Gasteiger partial charge on any atom is -0.171 e. The molecule has 3 unspecified atom stereocenters. The van der Waals surface area contributed by atoms with Crippen LogP contribution in [0.3, 0.4) is 0 Å². The molecule has 3 heteroatoms. The molecule has 0 aromatic carbocycles. The molecular formula is C14H21F3. The van der Waals surface area contributed by atoms with Crippen LogP contribution in [0, 0.1) is 17.8 Å². The number of fused-ring (bicyclic) bond motifs is 1. The van der Waals surface area contributed by atoms with E-state index in [9.17, 15) is 13.2 Å². The van der Waals surface area contributed by atoms with Crippen LogP contribution < -0.4 is 0 Å². The van der Waals surface area contributed by atoms with E-state index in [1.807, 2.05) is 0 Å². The molecule has 0 heterocycles. The molecule has 3 atom stereocenters. The number of hydrogen-bond donors (Lipinski definition) is 0. The number of halogens is 3. The lowest BCUT2D eigenvalue weighted by atomic mass is 9.78. The van der Waals surface area contributed by atoms with Crippen LogP contribution in [-0.4, -0.2) is 6.18 Å². The van der Waals surface area contributed by atoms with E-state index in [0.717, 1.165) is 25.7 Å². The molecule has 98 valence electrons. The lowest BCUT2D eigenvalue weighted by Gasteiger charge is -2.29. The summed E-state index contributed by atoms with van der Waals surface area (Å²) in [5.41, 5.74) is 1.50. The van der Waals surface area contributed by atoms with Gasteiger partial charge >= 0.3 is 6.18 Å². The molecule has 0 fully saturated rings. The van der Waals surface area contributed by atoms with E-state index in [1.165, 1.54) is 25.3 Å². The minimum absolute atomic E-state index is 0.254. The molecule has 0 saturated carbocycles. The van der Waals surface area contributed by atoms with Crippen LogP contribution in [0.5, 0.6) is 0 Å². The molecular weight excluding hydrogens is 225 g/mol. The van der Waals surface area contributed by atoms with E-state index in [1.54, 1.807) is 0 Å². The molecule has 2 bridgehead atoms. The lowest BCUT2D eigenvalue weighted by Crippen LogP contribution is -2.25. The lowest BCUT2D eigenvalue weighted by molar-refractivity contribution is -0.174. The molecule has 0 aromatic heterocycles. The van der Waals surface area contributed by atoms with Crippen LogP contribution in [0.15, 0.2) is 11.6 Å².